The van der Waals surface area contributed by atoms with Crippen LogP contribution in [0.25, 0.3) is 0 Å². The van der Waals surface area contributed by atoms with Gasteiger partial charge < -0.3 is 0 Å². The van der Waals surface area contributed by atoms with E-state index < -0.39 is 0 Å². The minimum atomic E-state index is 0.680. The maximum atomic E-state index is 2.41. The van der Waals surface area contributed by atoms with Crippen LogP contribution in [0.1, 0.15) is 111 Å². The molecule has 0 radical (unpaired) electrons. The van der Waals surface area contributed by atoms with Gasteiger partial charge in [-0.05, 0) is 18.3 Å². The molecule has 0 heteroatoms. The summed E-state index contributed by atoms with van der Waals surface area (Å²) < 4.78 is 0. The van der Waals surface area contributed by atoms with Crippen LogP contribution in [-0.4, -0.2) is 0 Å². The summed E-state index contributed by atoms with van der Waals surface area (Å²) in [5.74, 6) is 0. The van der Waals surface area contributed by atoms with Crippen LogP contribution in [0.2, 0.25) is 0 Å². The van der Waals surface area contributed by atoms with Gasteiger partial charge in [-0.15, -0.1) is 0 Å². The Bertz CT molecular complexity index is 155. The van der Waals surface area contributed by atoms with Crippen LogP contribution in [0, 0.1) is 5.41 Å². The van der Waals surface area contributed by atoms with Gasteiger partial charge in [0.25, 0.3) is 0 Å². The third-order valence-electron chi connectivity index (χ3n) is 4.87. The summed E-state index contributed by atoms with van der Waals surface area (Å²) in [5.41, 5.74) is 0.680. The second-order valence-corrected chi connectivity index (χ2v) is 6.18. The Morgan fingerprint density at radius 2 is 0.889 bits per heavy atom. The molecule has 18 heavy (non-hydrogen) atoms. The van der Waals surface area contributed by atoms with Crippen molar-refractivity contribution in [1.29, 1.82) is 0 Å². The molecule has 0 aliphatic heterocycles. The lowest BCUT2D eigenvalue weighted by molar-refractivity contribution is 0.203. The Kier molecular flexibility index (Phi) is 12.1. The molecule has 0 saturated heterocycles. The molecule has 110 valence electrons. The Morgan fingerprint density at radius 1 is 0.500 bits per heavy atom. The van der Waals surface area contributed by atoms with E-state index in [0.29, 0.717) is 5.41 Å². The monoisotopic (exact) mass is 254 g/mol. The van der Waals surface area contributed by atoms with E-state index in [4.69, 9.17) is 0 Å². The van der Waals surface area contributed by atoms with Gasteiger partial charge in [-0.25, -0.2) is 0 Å². The van der Waals surface area contributed by atoms with Crippen molar-refractivity contribution in [3.63, 3.8) is 0 Å². The Balaban J connectivity index is 3.79. The van der Waals surface area contributed by atoms with Gasteiger partial charge in [0.1, 0.15) is 0 Å². The average molecular weight is 255 g/mol. The van der Waals surface area contributed by atoms with Crippen LogP contribution in [0.5, 0.6) is 0 Å². The van der Waals surface area contributed by atoms with Crippen LogP contribution in [0.4, 0.5) is 0 Å². The first-order valence-corrected chi connectivity index (χ1v) is 8.74. The van der Waals surface area contributed by atoms with Gasteiger partial charge in [-0.3, -0.25) is 0 Å². The summed E-state index contributed by atoms with van der Waals surface area (Å²) in [6.07, 6.45) is 18.6. The van der Waals surface area contributed by atoms with Gasteiger partial charge >= 0.3 is 0 Å². The van der Waals surface area contributed by atoms with Crippen molar-refractivity contribution in [3.8, 4) is 0 Å². The topological polar surface area (TPSA) is 0 Å². The molecule has 0 N–H and O–H groups in total. The zero-order chi connectivity index (χ0) is 13.7. The second-order valence-electron chi connectivity index (χ2n) is 6.18. The average Bonchev–Trinajstić information content (AvgIpc) is 2.41. The standard InChI is InChI=1S/C18H38/c1-5-9-11-12-13-15-17-18(7-3,8-4)16-14-10-6-2/h5-17H2,1-4H3. The molecule has 0 rings (SSSR count). The van der Waals surface area contributed by atoms with Gasteiger partial charge in [0, 0.05) is 0 Å². The number of hydrogen-bond acceptors (Lipinski definition) is 0. The number of hydrogen-bond donors (Lipinski definition) is 0. The van der Waals surface area contributed by atoms with Gasteiger partial charge in [0.15, 0.2) is 0 Å². The molecule has 0 fully saturated rings. The lowest BCUT2D eigenvalue weighted by atomic mass is 9.74. The molecular formula is C18H38. The van der Waals surface area contributed by atoms with E-state index in [1.807, 2.05) is 0 Å². The molecule has 0 heterocycles. The molecule has 0 aromatic heterocycles. The molecule has 0 aromatic rings. The van der Waals surface area contributed by atoms with E-state index in [1.54, 1.807) is 0 Å². The van der Waals surface area contributed by atoms with E-state index in [2.05, 4.69) is 27.7 Å². The van der Waals surface area contributed by atoms with Crippen molar-refractivity contribution in [1.82, 2.24) is 0 Å². The third kappa shape index (κ3) is 8.16. The fraction of sp³-hybridized carbons (Fsp3) is 1.00. The van der Waals surface area contributed by atoms with Crippen molar-refractivity contribution >= 4 is 0 Å². The van der Waals surface area contributed by atoms with Crippen LogP contribution >= 0.6 is 0 Å². The zero-order valence-corrected chi connectivity index (χ0v) is 13.7. The molecule has 0 bridgehead atoms. The lowest BCUT2D eigenvalue weighted by Crippen LogP contribution is -2.18. The minimum Gasteiger partial charge on any atom is -0.0654 e. The molecule has 0 aliphatic carbocycles. The molecular weight excluding hydrogens is 216 g/mol. The van der Waals surface area contributed by atoms with Gasteiger partial charge in [-0.2, -0.15) is 0 Å². The van der Waals surface area contributed by atoms with Crippen LogP contribution in [0.3, 0.4) is 0 Å². The molecule has 0 spiro atoms. The van der Waals surface area contributed by atoms with Crippen LogP contribution in [0.15, 0.2) is 0 Å². The fourth-order valence-corrected chi connectivity index (χ4v) is 3.11. The summed E-state index contributed by atoms with van der Waals surface area (Å²) in [7, 11) is 0. The Hall–Kier alpha value is 0. The van der Waals surface area contributed by atoms with Gasteiger partial charge in [0.2, 0.25) is 0 Å². The molecule has 0 amide bonds. The summed E-state index contributed by atoms with van der Waals surface area (Å²) in [6.45, 7) is 9.43. The van der Waals surface area contributed by atoms with Gasteiger partial charge in [0.05, 0.1) is 0 Å². The zero-order valence-electron chi connectivity index (χ0n) is 13.7. The lowest BCUT2D eigenvalue weighted by Gasteiger charge is -2.32. The predicted molar refractivity (Wildman–Crippen MR) is 85.2 cm³/mol. The van der Waals surface area contributed by atoms with E-state index in [9.17, 15) is 0 Å². The van der Waals surface area contributed by atoms with Crippen LogP contribution < -0.4 is 0 Å². The molecule has 0 unspecified atom stereocenters. The van der Waals surface area contributed by atoms with E-state index >= 15 is 0 Å². The minimum absolute atomic E-state index is 0.680. The van der Waals surface area contributed by atoms with Crippen molar-refractivity contribution in [2.24, 2.45) is 5.41 Å². The van der Waals surface area contributed by atoms with Crippen molar-refractivity contribution < 1.29 is 0 Å². The number of rotatable bonds is 13. The molecule has 0 saturated carbocycles. The maximum Gasteiger partial charge on any atom is -0.0303 e. The first-order valence-electron chi connectivity index (χ1n) is 8.74. The van der Waals surface area contributed by atoms with E-state index in [0.717, 1.165) is 0 Å². The second kappa shape index (κ2) is 12.1. The van der Waals surface area contributed by atoms with Crippen molar-refractivity contribution in [2.75, 3.05) is 0 Å². The molecule has 0 aliphatic rings. The van der Waals surface area contributed by atoms with Crippen LogP contribution in [-0.2, 0) is 0 Å². The van der Waals surface area contributed by atoms with Crippen molar-refractivity contribution in [3.05, 3.63) is 0 Å². The highest BCUT2D eigenvalue weighted by Crippen LogP contribution is 2.38. The first-order chi connectivity index (χ1) is 8.74. The highest BCUT2D eigenvalue weighted by atomic mass is 14.3. The van der Waals surface area contributed by atoms with Gasteiger partial charge in [-0.1, -0.05) is 98.3 Å². The highest BCUT2D eigenvalue weighted by Gasteiger charge is 2.24. The predicted octanol–water partition coefficient (Wildman–Crippen LogP) is 7.12. The Morgan fingerprint density at radius 3 is 1.39 bits per heavy atom. The van der Waals surface area contributed by atoms with E-state index in [-0.39, 0.29) is 0 Å². The number of unbranched alkanes of at least 4 members (excludes halogenated alkanes) is 7. The normalized spacial score (nSPS) is 12.0. The highest BCUT2D eigenvalue weighted by molar-refractivity contribution is 4.76. The van der Waals surface area contributed by atoms with E-state index in [1.165, 1.54) is 83.5 Å². The fourth-order valence-electron chi connectivity index (χ4n) is 3.11. The summed E-state index contributed by atoms with van der Waals surface area (Å²) in [5, 5.41) is 0. The SMILES string of the molecule is CCCCCCCCC(CC)(CC)CCCCC. The smallest absolute Gasteiger partial charge is 0.0303 e. The summed E-state index contributed by atoms with van der Waals surface area (Å²) in [6, 6.07) is 0. The first kappa shape index (κ1) is 18.0. The maximum absolute atomic E-state index is 2.41. The Labute approximate surface area is 117 Å². The molecule has 0 nitrogen and oxygen atoms in total. The quantitative estimate of drug-likeness (QED) is 0.307. The molecule has 0 aromatic carbocycles. The van der Waals surface area contributed by atoms with Crippen molar-refractivity contribution in [2.45, 2.75) is 111 Å². The largest absolute Gasteiger partial charge is 0.0654 e. The summed E-state index contributed by atoms with van der Waals surface area (Å²) in [4.78, 5) is 0. The third-order valence-corrected chi connectivity index (χ3v) is 4.87. The summed E-state index contributed by atoms with van der Waals surface area (Å²) >= 11 is 0. The molecule has 0 atom stereocenters.